The Hall–Kier alpha value is -3.29. The van der Waals surface area contributed by atoms with Crippen molar-refractivity contribution in [1.82, 2.24) is 25.2 Å². The molecule has 8 heteroatoms. The number of carbonyl (C=O) groups excluding carboxylic acids is 1. The Morgan fingerprint density at radius 1 is 1.10 bits per heavy atom. The highest BCUT2D eigenvalue weighted by Gasteiger charge is 2.29. The number of hydrogen-bond acceptors (Lipinski definition) is 6. The van der Waals surface area contributed by atoms with E-state index in [-0.39, 0.29) is 23.6 Å². The molecule has 1 amide bonds. The molecule has 0 aromatic carbocycles. The van der Waals surface area contributed by atoms with Gasteiger partial charge in [-0.05, 0) is 69.6 Å². The van der Waals surface area contributed by atoms with Gasteiger partial charge < -0.3 is 9.84 Å². The summed E-state index contributed by atoms with van der Waals surface area (Å²) < 4.78 is 6.95. The summed E-state index contributed by atoms with van der Waals surface area (Å²) in [5.41, 5.74) is 3.42. The molecule has 0 spiro atoms. The van der Waals surface area contributed by atoms with Gasteiger partial charge in [0.25, 0.3) is 11.5 Å². The zero-order valence-corrected chi connectivity index (χ0v) is 17.3. The van der Waals surface area contributed by atoms with Crippen LogP contribution in [0.25, 0.3) is 11.3 Å². The molecule has 0 radical (unpaired) electrons. The Balaban J connectivity index is 1.24. The number of pyridine rings is 1. The van der Waals surface area contributed by atoms with Crippen molar-refractivity contribution in [3.8, 4) is 11.3 Å². The molecule has 0 saturated heterocycles. The van der Waals surface area contributed by atoms with Crippen molar-refractivity contribution in [3.05, 3.63) is 64.0 Å². The first kappa shape index (κ1) is 19.7. The minimum Gasteiger partial charge on any atom is -0.350 e. The van der Waals surface area contributed by atoms with E-state index in [1.807, 2.05) is 12.1 Å². The Morgan fingerprint density at radius 2 is 1.94 bits per heavy atom. The number of aryl methyl sites for hydroxylation is 1. The fourth-order valence-electron chi connectivity index (χ4n) is 4.64. The lowest BCUT2D eigenvalue weighted by molar-refractivity contribution is 0.0882. The molecule has 8 nitrogen and oxygen atoms in total. The SMILES string of the molecule is O=C(NC1CCC(n2nc(-c3cccnc3)ccc2=O)CC1)c1onc2c1CCCC2. The third-order valence-corrected chi connectivity index (χ3v) is 6.33. The molecule has 0 aliphatic heterocycles. The standard InChI is InChI=1S/C23H25N5O3/c29-21-12-11-19(15-4-3-13-24-14-15)26-28(21)17-9-7-16(8-10-17)25-23(30)22-18-5-1-2-6-20(18)27-31-22/h3-4,11-14,16-17H,1-2,5-10H2,(H,25,30). The average Bonchev–Trinajstić information content (AvgIpc) is 3.25. The van der Waals surface area contributed by atoms with Crippen LogP contribution in [0.4, 0.5) is 0 Å². The Bertz CT molecular complexity index is 1130. The lowest BCUT2D eigenvalue weighted by Crippen LogP contribution is -2.39. The summed E-state index contributed by atoms with van der Waals surface area (Å²) >= 11 is 0. The summed E-state index contributed by atoms with van der Waals surface area (Å²) in [6, 6.07) is 7.17. The maximum atomic E-state index is 12.7. The van der Waals surface area contributed by atoms with E-state index in [0.717, 1.165) is 73.9 Å². The number of hydrogen-bond donors (Lipinski definition) is 1. The highest BCUT2D eigenvalue weighted by Crippen LogP contribution is 2.29. The number of fused-ring (bicyclic) bond motifs is 1. The van der Waals surface area contributed by atoms with Crippen molar-refractivity contribution in [1.29, 1.82) is 0 Å². The molecule has 3 heterocycles. The molecule has 1 fully saturated rings. The smallest absolute Gasteiger partial charge is 0.290 e. The van der Waals surface area contributed by atoms with Crippen LogP contribution in [0.1, 0.15) is 66.4 Å². The van der Waals surface area contributed by atoms with Gasteiger partial charge in [0.15, 0.2) is 0 Å². The van der Waals surface area contributed by atoms with Crippen molar-refractivity contribution in [2.45, 2.75) is 63.5 Å². The van der Waals surface area contributed by atoms with Crippen molar-refractivity contribution in [2.24, 2.45) is 0 Å². The van der Waals surface area contributed by atoms with E-state index in [1.54, 1.807) is 29.2 Å². The normalized spacial score (nSPS) is 20.8. The summed E-state index contributed by atoms with van der Waals surface area (Å²) in [7, 11) is 0. The van der Waals surface area contributed by atoms with Gasteiger partial charge in [-0.15, -0.1) is 0 Å². The van der Waals surface area contributed by atoms with Crippen LogP contribution < -0.4 is 10.9 Å². The molecule has 2 aliphatic carbocycles. The molecular formula is C23H25N5O3. The van der Waals surface area contributed by atoms with E-state index >= 15 is 0 Å². The zero-order valence-electron chi connectivity index (χ0n) is 17.3. The first-order chi connectivity index (χ1) is 15.2. The maximum absolute atomic E-state index is 12.7. The van der Waals surface area contributed by atoms with E-state index in [9.17, 15) is 9.59 Å². The largest absolute Gasteiger partial charge is 0.350 e. The highest BCUT2D eigenvalue weighted by molar-refractivity contribution is 5.93. The first-order valence-electron chi connectivity index (χ1n) is 11.0. The van der Waals surface area contributed by atoms with Gasteiger partial charge in [-0.1, -0.05) is 5.16 Å². The van der Waals surface area contributed by atoms with Crippen LogP contribution in [0, 0.1) is 0 Å². The average molecular weight is 419 g/mol. The second-order valence-corrected chi connectivity index (χ2v) is 8.37. The van der Waals surface area contributed by atoms with Crippen LogP contribution in [0.15, 0.2) is 46.0 Å². The van der Waals surface area contributed by atoms with E-state index in [4.69, 9.17) is 4.52 Å². The quantitative estimate of drug-likeness (QED) is 0.697. The summed E-state index contributed by atoms with van der Waals surface area (Å²) in [5.74, 6) is 0.201. The number of amides is 1. The number of rotatable bonds is 4. The lowest BCUT2D eigenvalue weighted by Gasteiger charge is -2.29. The Labute approximate surface area is 179 Å². The van der Waals surface area contributed by atoms with E-state index in [1.165, 1.54) is 0 Å². The van der Waals surface area contributed by atoms with Gasteiger partial charge in [-0.3, -0.25) is 14.6 Å². The molecule has 1 N–H and O–H groups in total. The second kappa shape index (κ2) is 8.45. The van der Waals surface area contributed by atoms with E-state index in [2.05, 4.69) is 20.6 Å². The summed E-state index contributed by atoms with van der Waals surface area (Å²) in [4.78, 5) is 29.3. The first-order valence-corrected chi connectivity index (χ1v) is 11.0. The molecule has 0 atom stereocenters. The number of nitrogens with zero attached hydrogens (tertiary/aromatic N) is 4. The summed E-state index contributed by atoms with van der Waals surface area (Å²) in [6.07, 6.45) is 10.5. The van der Waals surface area contributed by atoms with Gasteiger partial charge in [-0.2, -0.15) is 5.10 Å². The molecular weight excluding hydrogens is 394 g/mol. The van der Waals surface area contributed by atoms with Crippen molar-refractivity contribution < 1.29 is 9.32 Å². The number of aromatic nitrogens is 4. The molecule has 1 saturated carbocycles. The van der Waals surface area contributed by atoms with Crippen LogP contribution in [-0.2, 0) is 12.8 Å². The van der Waals surface area contributed by atoms with E-state index in [0.29, 0.717) is 5.76 Å². The van der Waals surface area contributed by atoms with Crippen molar-refractivity contribution in [3.63, 3.8) is 0 Å². The minimum atomic E-state index is -0.173. The van der Waals surface area contributed by atoms with Gasteiger partial charge in [0.1, 0.15) is 0 Å². The molecule has 0 unspecified atom stereocenters. The van der Waals surface area contributed by atoms with Crippen LogP contribution in [-0.4, -0.2) is 31.9 Å². The molecule has 2 aliphatic rings. The molecule has 5 rings (SSSR count). The lowest BCUT2D eigenvalue weighted by atomic mass is 9.90. The van der Waals surface area contributed by atoms with Gasteiger partial charge in [-0.25, -0.2) is 4.68 Å². The van der Waals surface area contributed by atoms with Gasteiger partial charge in [0.05, 0.1) is 17.4 Å². The summed E-state index contributed by atoms with van der Waals surface area (Å²) in [6.45, 7) is 0. The fraction of sp³-hybridized carbons (Fsp3) is 0.435. The van der Waals surface area contributed by atoms with Gasteiger partial charge in [0.2, 0.25) is 5.76 Å². The maximum Gasteiger partial charge on any atom is 0.290 e. The van der Waals surface area contributed by atoms with Crippen LogP contribution in [0.5, 0.6) is 0 Å². The third kappa shape index (κ3) is 4.02. The minimum absolute atomic E-state index is 0.0234. The number of nitrogens with one attached hydrogen (secondary N) is 1. The second-order valence-electron chi connectivity index (χ2n) is 8.37. The molecule has 3 aromatic rings. The Morgan fingerprint density at radius 3 is 2.74 bits per heavy atom. The monoisotopic (exact) mass is 419 g/mol. The van der Waals surface area contributed by atoms with Gasteiger partial charge in [0, 0.05) is 35.6 Å². The van der Waals surface area contributed by atoms with Crippen LogP contribution in [0.2, 0.25) is 0 Å². The van der Waals surface area contributed by atoms with Crippen LogP contribution >= 0.6 is 0 Å². The molecule has 0 bridgehead atoms. The zero-order chi connectivity index (χ0) is 21.2. The molecule has 31 heavy (non-hydrogen) atoms. The van der Waals surface area contributed by atoms with Gasteiger partial charge >= 0.3 is 0 Å². The molecule has 3 aromatic heterocycles. The van der Waals surface area contributed by atoms with Crippen molar-refractivity contribution >= 4 is 5.91 Å². The van der Waals surface area contributed by atoms with E-state index < -0.39 is 0 Å². The number of carbonyl (C=O) groups is 1. The van der Waals surface area contributed by atoms with Crippen molar-refractivity contribution in [2.75, 3.05) is 0 Å². The fourth-order valence-corrected chi connectivity index (χ4v) is 4.64. The summed E-state index contributed by atoms with van der Waals surface area (Å²) in [5, 5.41) is 11.8. The third-order valence-electron chi connectivity index (χ3n) is 6.33. The topological polar surface area (TPSA) is 103 Å². The predicted octanol–water partition coefficient (Wildman–Crippen LogP) is 3.09. The Kier molecular flexibility index (Phi) is 5.36. The predicted molar refractivity (Wildman–Crippen MR) is 114 cm³/mol. The molecule has 160 valence electrons. The van der Waals surface area contributed by atoms with Crippen LogP contribution in [0.3, 0.4) is 0 Å². The highest BCUT2D eigenvalue weighted by atomic mass is 16.5.